The van der Waals surface area contributed by atoms with Crippen LogP contribution in [0.15, 0.2) is 18.2 Å². The van der Waals surface area contributed by atoms with Gasteiger partial charge in [-0.1, -0.05) is 11.3 Å². The van der Waals surface area contributed by atoms with Gasteiger partial charge in [0.15, 0.2) is 5.13 Å². The van der Waals surface area contributed by atoms with E-state index in [1.807, 2.05) is 25.1 Å². The summed E-state index contributed by atoms with van der Waals surface area (Å²) in [6.45, 7) is 3.51. The summed E-state index contributed by atoms with van der Waals surface area (Å²) in [5.41, 5.74) is 0.883. The Kier molecular flexibility index (Phi) is 3.84. The van der Waals surface area contributed by atoms with Crippen LogP contribution in [0.3, 0.4) is 0 Å². The van der Waals surface area contributed by atoms with E-state index in [0.29, 0.717) is 11.7 Å². The number of thiazole rings is 1. The Bertz CT molecular complexity index is 620. The first-order valence-corrected chi connectivity index (χ1v) is 7.65. The first kappa shape index (κ1) is 13.3. The third-order valence-electron chi connectivity index (χ3n) is 3.28. The predicted molar refractivity (Wildman–Crippen MR) is 80.4 cm³/mol. The maximum atomic E-state index is 12.0. The smallest absolute Gasteiger partial charge is 0.243 e. The fraction of sp³-hybridized carbons (Fsp3) is 0.429. The van der Waals surface area contributed by atoms with Crippen molar-refractivity contribution in [2.75, 3.05) is 18.5 Å². The van der Waals surface area contributed by atoms with Gasteiger partial charge in [-0.05, 0) is 44.5 Å². The summed E-state index contributed by atoms with van der Waals surface area (Å²) in [6, 6.07) is 5.69. The SMILES string of the molecule is CCOc1ccc2nc(NC(=O)[C@@H]3CCCN3)sc2c1. The van der Waals surface area contributed by atoms with Crippen molar-refractivity contribution >= 4 is 32.6 Å². The maximum absolute atomic E-state index is 12.0. The van der Waals surface area contributed by atoms with Gasteiger partial charge >= 0.3 is 0 Å². The molecule has 5 nitrogen and oxygen atoms in total. The molecule has 0 bridgehead atoms. The van der Waals surface area contributed by atoms with E-state index in [4.69, 9.17) is 4.74 Å². The largest absolute Gasteiger partial charge is 0.494 e. The molecular formula is C14H17N3O2S. The summed E-state index contributed by atoms with van der Waals surface area (Å²) in [5, 5.41) is 6.72. The Balaban J connectivity index is 1.76. The lowest BCUT2D eigenvalue weighted by atomic mass is 10.2. The minimum absolute atomic E-state index is 0.00610. The number of nitrogens with zero attached hydrogens (tertiary/aromatic N) is 1. The van der Waals surface area contributed by atoms with Gasteiger partial charge in [0.05, 0.1) is 22.9 Å². The van der Waals surface area contributed by atoms with Gasteiger partial charge < -0.3 is 15.4 Å². The van der Waals surface area contributed by atoms with Crippen molar-refractivity contribution in [3.63, 3.8) is 0 Å². The molecule has 2 N–H and O–H groups in total. The molecule has 0 spiro atoms. The number of aromatic nitrogens is 1. The predicted octanol–water partition coefficient (Wildman–Crippen LogP) is 2.39. The van der Waals surface area contributed by atoms with Gasteiger partial charge in [0.1, 0.15) is 5.75 Å². The second kappa shape index (κ2) is 5.76. The molecule has 106 valence electrons. The van der Waals surface area contributed by atoms with Gasteiger partial charge in [0, 0.05) is 0 Å². The van der Waals surface area contributed by atoms with Gasteiger partial charge in [-0.15, -0.1) is 0 Å². The van der Waals surface area contributed by atoms with Crippen LogP contribution >= 0.6 is 11.3 Å². The van der Waals surface area contributed by atoms with Crippen LogP contribution in [0.4, 0.5) is 5.13 Å². The molecule has 1 fully saturated rings. The molecule has 1 aliphatic heterocycles. The molecular weight excluding hydrogens is 274 g/mol. The zero-order chi connectivity index (χ0) is 13.9. The molecule has 2 heterocycles. The highest BCUT2D eigenvalue weighted by Crippen LogP contribution is 2.29. The molecule has 0 saturated carbocycles. The third kappa shape index (κ3) is 2.76. The lowest BCUT2D eigenvalue weighted by molar-refractivity contribution is -0.117. The van der Waals surface area contributed by atoms with Gasteiger partial charge in [0.2, 0.25) is 5.91 Å². The Morgan fingerprint density at radius 2 is 2.50 bits per heavy atom. The summed E-state index contributed by atoms with van der Waals surface area (Å²) in [6.07, 6.45) is 1.95. The maximum Gasteiger partial charge on any atom is 0.243 e. The number of fused-ring (bicyclic) bond motifs is 1. The van der Waals surface area contributed by atoms with Crippen LogP contribution in [0.5, 0.6) is 5.75 Å². The summed E-state index contributed by atoms with van der Waals surface area (Å²) >= 11 is 1.47. The molecule has 0 radical (unpaired) electrons. The Hall–Kier alpha value is -1.66. The van der Waals surface area contributed by atoms with E-state index in [1.54, 1.807) is 0 Å². The van der Waals surface area contributed by atoms with E-state index in [0.717, 1.165) is 35.4 Å². The van der Waals surface area contributed by atoms with E-state index >= 15 is 0 Å². The first-order chi connectivity index (χ1) is 9.76. The van der Waals surface area contributed by atoms with Crippen LogP contribution < -0.4 is 15.4 Å². The first-order valence-electron chi connectivity index (χ1n) is 6.84. The van der Waals surface area contributed by atoms with E-state index in [9.17, 15) is 4.79 Å². The van der Waals surface area contributed by atoms with Crippen molar-refractivity contribution in [2.24, 2.45) is 0 Å². The topological polar surface area (TPSA) is 63.2 Å². The highest BCUT2D eigenvalue weighted by Gasteiger charge is 2.22. The molecule has 0 unspecified atom stereocenters. The van der Waals surface area contributed by atoms with Crippen LogP contribution in [0.25, 0.3) is 10.2 Å². The minimum atomic E-state index is -0.0824. The van der Waals surface area contributed by atoms with Crippen LogP contribution in [0.2, 0.25) is 0 Å². The lowest BCUT2D eigenvalue weighted by Gasteiger charge is -2.08. The molecule has 1 aliphatic rings. The fourth-order valence-corrected chi connectivity index (χ4v) is 3.21. The third-order valence-corrected chi connectivity index (χ3v) is 4.21. The monoisotopic (exact) mass is 291 g/mol. The highest BCUT2D eigenvalue weighted by atomic mass is 32.1. The summed E-state index contributed by atoms with van der Waals surface area (Å²) in [7, 11) is 0. The van der Waals surface area contributed by atoms with Crippen LogP contribution in [-0.2, 0) is 4.79 Å². The zero-order valence-corrected chi connectivity index (χ0v) is 12.1. The summed E-state index contributed by atoms with van der Waals surface area (Å²) < 4.78 is 6.49. The van der Waals surface area contributed by atoms with Crippen molar-refractivity contribution in [3.05, 3.63) is 18.2 Å². The number of carbonyl (C=O) groups is 1. The van der Waals surface area contributed by atoms with E-state index < -0.39 is 0 Å². The van der Waals surface area contributed by atoms with Crippen LogP contribution in [0.1, 0.15) is 19.8 Å². The molecule has 1 aromatic heterocycles. The lowest BCUT2D eigenvalue weighted by Crippen LogP contribution is -2.35. The molecule has 1 aromatic carbocycles. The number of anilines is 1. The summed E-state index contributed by atoms with van der Waals surface area (Å²) in [5.74, 6) is 0.838. The van der Waals surface area contributed by atoms with Crippen LogP contribution in [-0.4, -0.2) is 30.1 Å². The molecule has 2 aromatic rings. The number of ether oxygens (including phenoxy) is 1. The highest BCUT2D eigenvalue weighted by molar-refractivity contribution is 7.22. The molecule has 3 rings (SSSR count). The van der Waals surface area contributed by atoms with Crippen molar-refractivity contribution in [1.29, 1.82) is 0 Å². The average molecular weight is 291 g/mol. The van der Waals surface area contributed by atoms with Gasteiger partial charge in [-0.2, -0.15) is 0 Å². The molecule has 20 heavy (non-hydrogen) atoms. The standard InChI is InChI=1S/C14H17N3O2S/c1-2-19-9-5-6-10-12(8-9)20-14(16-10)17-13(18)11-4-3-7-15-11/h5-6,8,11,15H,2-4,7H2,1H3,(H,16,17,18)/t11-/m0/s1. The Labute approximate surface area is 121 Å². The second-order valence-electron chi connectivity index (χ2n) is 4.72. The number of benzene rings is 1. The number of nitrogens with one attached hydrogen (secondary N) is 2. The number of amides is 1. The number of hydrogen-bond acceptors (Lipinski definition) is 5. The molecule has 1 amide bonds. The minimum Gasteiger partial charge on any atom is -0.494 e. The molecule has 0 aliphatic carbocycles. The van der Waals surface area contributed by atoms with Crippen LogP contribution in [0, 0.1) is 0 Å². The molecule has 6 heteroatoms. The number of rotatable bonds is 4. The van der Waals surface area contributed by atoms with Crippen molar-refractivity contribution in [3.8, 4) is 5.75 Å². The molecule has 1 atom stereocenters. The van der Waals surface area contributed by atoms with Crippen molar-refractivity contribution in [1.82, 2.24) is 10.3 Å². The van der Waals surface area contributed by atoms with Crippen molar-refractivity contribution in [2.45, 2.75) is 25.8 Å². The van der Waals surface area contributed by atoms with E-state index in [2.05, 4.69) is 15.6 Å². The van der Waals surface area contributed by atoms with Gasteiger partial charge in [-0.25, -0.2) is 4.98 Å². The number of carbonyl (C=O) groups excluding carboxylic acids is 1. The van der Waals surface area contributed by atoms with Crippen molar-refractivity contribution < 1.29 is 9.53 Å². The average Bonchev–Trinajstić information content (AvgIpc) is 3.06. The fourth-order valence-electron chi connectivity index (χ4n) is 2.32. The van der Waals surface area contributed by atoms with E-state index in [1.165, 1.54) is 11.3 Å². The Morgan fingerprint density at radius 3 is 3.25 bits per heavy atom. The zero-order valence-electron chi connectivity index (χ0n) is 11.3. The Morgan fingerprint density at radius 1 is 1.60 bits per heavy atom. The summed E-state index contributed by atoms with van der Waals surface area (Å²) in [4.78, 5) is 16.5. The van der Waals surface area contributed by atoms with E-state index in [-0.39, 0.29) is 11.9 Å². The normalized spacial score (nSPS) is 18.4. The molecule has 1 saturated heterocycles. The second-order valence-corrected chi connectivity index (χ2v) is 5.75. The number of hydrogen-bond donors (Lipinski definition) is 2. The van der Waals surface area contributed by atoms with Gasteiger partial charge in [0.25, 0.3) is 0 Å². The quantitative estimate of drug-likeness (QED) is 0.908. The van der Waals surface area contributed by atoms with Gasteiger partial charge in [-0.3, -0.25) is 4.79 Å².